The number of carbonyl (C=O) groups excluding carboxylic acids is 1. The summed E-state index contributed by atoms with van der Waals surface area (Å²) in [7, 11) is 0. The second-order valence-electron chi connectivity index (χ2n) is 5.05. The summed E-state index contributed by atoms with van der Waals surface area (Å²) in [6, 6.07) is 0. The van der Waals surface area contributed by atoms with Gasteiger partial charge in [0.1, 0.15) is 0 Å². The Morgan fingerprint density at radius 3 is 1.65 bits per heavy atom. The van der Waals surface area contributed by atoms with Crippen LogP contribution in [-0.2, 0) is 4.79 Å². The molecule has 1 unspecified atom stereocenters. The summed E-state index contributed by atoms with van der Waals surface area (Å²) >= 11 is 0. The molecule has 1 fully saturated rings. The normalized spacial score (nSPS) is 14.0. The standard InChI is InChI=1S/C9H17O.C6H12.C2H6.CH3.U/c1-3-6-9(2)7-4-5-8-10;1-2-4-6-5-3-1;1-2;;/h9H,3-7H2,1-2H3;1-6H2;1-2H3;1H3;/q-1;;;-1;+2. The molecule has 0 bridgehead atoms. The summed E-state index contributed by atoms with van der Waals surface area (Å²) in [6.07, 6.45) is 16.3. The first kappa shape index (κ1) is 28.8. The molecule has 1 rings (SSSR count). The van der Waals surface area contributed by atoms with Gasteiger partial charge < -0.3 is 12.2 Å². The van der Waals surface area contributed by atoms with Crippen LogP contribution >= 0.6 is 0 Å². The van der Waals surface area contributed by atoms with Crippen molar-refractivity contribution in [1.29, 1.82) is 0 Å². The van der Waals surface area contributed by atoms with Gasteiger partial charge in [0.15, 0.2) is 0 Å². The molecule has 1 saturated carbocycles. The molecule has 1 aliphatic rings. The Morgan fingerprint density at radius 2 is 1.35 bits per heavy atom. The van der Waals surface area contributed by atoms with Gasteiger partial charge in [-0.2, -0.15) is 6.42 Å². The predicted octanol–water partition coefficient (Wildman–Crippen LogP) is 6.52. The summed E-state index contributed by atoms with van der Waals surface area (Å²) < 4.78 is 0. The summed E-state index contributed by atoms with van der Waals surface area (Å²) in [5.41, 5.74) is 0. The molecule has 0 N–H and O–H groups in total. The summed E-state index contributed by atoms with van der Waals surface area (Å²) in [5.74, 6) is 0.790. The Labute approximate surface area is 153 Å². The fraction of sp³-hybridized carbons (Fsp3) is 0.889. The van der Waals surface area contributed by atoms with E-state index in [-0.39, 0.29) is 38.5 Å². The zero-order chi connectivity index (χ0) is 14.1. The molecule has 0 radical (unpaired) electrons. The molecule has 0 spiro atoms. The number of rotatable bonds is 6. The Hall–Kier alpha value is 0.722. The van der Waals surface area contributed by atoms with Crippen LogP contribution in [0.3, 0.4) is 0 Å². The average Bonchev–Trinajstić information content (AvgIpc) is 2.44. The van der Waals surface area contributed by atoms with Crippen LogP contribution in [0.15, 0.2) is 0 Å². The summed E-state index contributed by atoms with van der Waals surface area (Å²) in [4.78, 5) is 9.82. The fourth-order valence-electron chi connectivity index (χ4n) is 2.22. The van der Waals surface area contributed by atoms with Crippen LogP contribution in [0.1, 0.15) is 98.3 Å². The molecule has 0 heterocycles. The zero-order valence-electron chi connectivity index (χ0n) is 14.8. The molecule has 0 aliphatic heterocycles. The van der Waals surface area contributed by atoms with E-state index in [1.165, 1.54) is 57.8 Å². The first-order valence-corrected chi connectivity index (χ1v) is 8.16. The Morgan fingerprint density at radius 1 is 0.950 bits per heavy atom. The minimum Gasteiger partial charge on any atom is -0.542 e. The van der Waals surface area contributed by atoms with Gasteiger partial charge in [0.05, 0.1) is 0 Å². The van der Waals surface area contributed by atoms with Gasteiger partial charge >= 0.3 is 31.1 Å². The van der Waals surface area contributed by atoms with E-state index in [1.54, 1.807) is 0 Å². The van der Waals surface area contributed by atoms with Crippen molar-refractivity contribution in [2.45, 2.75) is 98.3 Å². The summed E-state index contributed by atoms with van der Waals surface area (Å²) in [5, 5.41) is 0. The largest absolute Gasteiger partial charge is 2.00 e. The third kappa shape index (κ3) is 27.1. The number of hydrogen-bond donors (Lipinski definition) is 0. The Bertz CT molecular complexity index is 133. The molecule has 0 amide bonds. The molecule has 120 valence electrons. The van der Waals surface area contributed by atoms with Gasteiger partial charge in [-0.3, -0.25) is 6.29 Å². The van der Waals surface area contributed by atoms with Crippen LogP contribution in [0.4, 0.5) is 0 Å². The molecular formula is C18H38OU. The second-order valence-corrected chi connectivity index (χ2v) is 5.05. The molecule has 1 nitrogen and oxygen atoms in total. The van der Waals surface area contributed by atoms with E-state index in [0.717, 1.165) is 12.3 Å². The van der Waals surface area contributed by atoms with Crippen molar-refractivity contribution in [3.8, 4) is 0 Å². The van der Waals surface area contributed by atoms with E-state index in [1.807, 2.05) is 20.1 Å². The molecule has 0 aromatic heterocycles. The first-order valence-electron chi connectivity index (χ1n) is 8.16. The molecule has 0 aromatic carbocycles. The second kappa shape index (κ2) is 28.0. The molecular weight excluding hydrogens is 470 g/mol. The monoisotopic (exact) mass is 508 g/mol. The number of unbranched alkanes of at least 4 members (excludes halogenated alkanes) is 1. The maximum absolute atomic E-state index is 9.82. The van der Waals surface area contributed by atoms with Gasteiger partial charge in [-0.15, -0.1) is 0 Å². The van der Waals surface area contributed by atoms with Gasteiger partial charge in [-0.05, 0) is 5.92 Å². The van der Waals surface area contributed by atoms with E-state index in [0.29, 0.717) is 6.42 Å². The minimum absolute atomic E-state index is 0. The van der Waals surface area contributed by atoms with Gasteiger partial charge in [-0.25, -0.2) is 0 Å². The fourth-order valence-corrected chi connectivity index (χ4v) is 2.22. The maximum Gasteiger partial charge on any atom is 2.00 e. The molecule has 20 heavy (non-hydrogen) atoms. The first-order chi connectivity index (χ1) is 8.81. The maximum atomic E-state index is 9.82. The van der Waals surface area contributed by atoms with Crippen LogP contribution in [0, 0.1) is 44.5 Å². The van der Waals surface area contributed by atoms with E-state index in [2.05, 4.69) is 13.8 Å². The number of hydrogen-bond acceptors (Lipinski definition) is 1. The Balaban J connectivity index is -0.000000111. The van der Waals surface area contributed by atoms with Gasteiger partial charge in [-0.1, -0.05) is 91.9 Å². The molecule has 0 saturated heterocycles. The molecule has 2 heteroatoms. The quantitative estimate of drug-likeness (QED) is 0.295. The van der Waals surface area contributed by atoms with Crippen LogP contribution in [0.2, 0.25) is 0 Å². The van der Waals surface area contributed by atoms with Crippen LogP contribution < -0.4 is 0 Å². The molecule has 0 aromatic rings. The van der Waals surface area contributed by atoms with Gasteiger partial charge in [0.25, 0.3) is 0 Å². The van der Waals surface area contributed by atoms with E-state index >= 15 is 0 Å². The van der Waals surface area contributed by atoms with Crippen molar-refractivity contribution in [2.75, 3.05) is 0 Å². The van der Waals surface area contributed by atoms with Crippen molar-refractivity contribution >= 4 is 6.29 Å². The third-order valence-corrected chi connectivity index (χ3v) is 3.26. The predicted molar refractivity (Wildman–Crippen MR) is 89.1 cm³/mol. The van der Waals surface area contributed by atoms with E-state index in [9.17, 15) is 4.79 Å². The smallest absolute Gasteiger partial charge is 0.542 e. The van der Waals surface area contributed by atoms with E-state index in [4.69, 9.17) is 0 Å². The van der Waals surface area contributed by atoms with Gasteiger partial charge in [0.2, 0.25) is 0 Å². The van der Waals surface area contributed by atoms with Crippen molar-refractivity contribution in [3.63, 3.8) is 0 Å². The summed E-state index contributed by atoms with van der Waals surface area (Å²) in [6.45, 7) is 8.44. The van der Waals surface area contributed by atoms with Crippen molar-refractivity contribution in [1.82, 2.24) is 0 Å². The van der Waals surface area contributed by atoms with Crippen LogP contribution in [-0.4, -0.2) is 6.29 Å². The van der Waals surface area contributed by atoms with Gasteiger partial charge in [0, 0.05) is 0 Å². The molecule has 1 aliphatic carbocycles. The van der Waals surface area contributed by atoms with Crippen LogP contribution in [0.25, 0.3) is 0 Å². The topological polar surface area (TPSA) is 17.1 Å². The van der Waals surface area contributed by atoms with Crippen LogP contribution in [0.5, 0.6) is 0 Å². The third-order valence-electron chi connectivity index (χ3n) is 3.26. The van der Waals surface area contributed by atoms with E-state index < -0.39 is 0 Å². The minimum atomic E-state index is 0. The zero-order valence-corrected chi connectivity index (χ0v) is 18.9. The Kier molecular flexibility index (Phi) is 40.3. The molecule has 1 atom stereocenters. The average molecular weight is 509 g/mol. The van der Waals surface area contributed by atoms with Crippen molar-refractivity contribution in [3.05, 3.63) is 7.43 Å². The SMILES string of the molecule is C1CCCCC1.CC.CCCC(C)CCC[C-]=O.[CH3-].[U+2]. The van der Waals surface area contributed by atoms with Crippen molar-refractivity contribution in [2.24, 2.45) is 5.92 Å². The van der Waals surface area contributed by atoms with Crippen molar-refractivity contribution < 1.29 is 35.9 Å².